The van der Waals surface area contributed by atoms with E-state index in [9.17, 15) is 9.59 Å². The maximum absolute atomic E-state index is 12.7. The molecule has 142 valence electrons. The lowest BCUT2D eigenvalue weighted by atomic mass is 9.95. The third-order valence-electron chi connectivity index (χ3n) is 5.05. The minimum Gasteiger partial charge on any atom is -0.341 e. The maximum Gasteiger partial charge on any atom is 0.249 e. The van der Waals surface area contributed by atoms with Crippen molar-refractivity contribution >= 4 is 23.6 Å². The van der Waals surface area contributed by atoms with E-state index in [2.05, 4.69) is 25.9 Å². The molecule has 4 rings (SSSR count). The van der Waals surface area contributed by atoms with Crippen molar-refractivity contribution < 1.29 is 9.59 Å². The topological polar surface area (TPSA) is 130 Å². The highest BCUT2D eigenvalue weighted by atomic mass is 32.2. The van der Waals surface area contributed by atoms with E-state index in [1.54, 1.807) is 16.7 Å². The number of hydrogen-bond donors (Lipinski definition) is 3. The van der Waals surface area contributed by atoms with Gasteiger partial charge in [0, 0.05) is 11.3 Å². The summed E-state index contributed by atoms with van der Waals surface area (Å²) in [7, 11) is 0. The highest BCUT2D eigenvalue weighted by Crippen LogP contribution is 2.56. The summed E-state index contributed by atoms with van der Waals surface area (Å²) in [4.78, 5) is 27.0. The van der Waals surface area contributed by atoms with Crippen LogP contribution in [0.5, 0.6) is 0 Å². The Balaban J connectivity index is 1.46. The number of nitrogens with zero attached hydrogens (tertiary/aromatic N) is 4. The summed E-state index contributed by atoms with van der Waals surface area (Å²) in [6.45, 7) is 4.46. The number of benzene rings is 1. The third-order valence-corrected chi connectivity index (χ3v) is 6.62. The van der Waals surface area contributed by atoms with Crippen LogP contribution < -0.4 is 11.1 Å². The van der Waals surface area contributed by atoms with E-state index in [1.165, 1.54) is 0 Å². The smallest absolute Gasteiger partial charge is 0.249 e. The summed E-state index contributed by atoms with van der Waals surface area (Å²) in [5.41, 5.74) is 7.55. The van der Waals surface area contributed by atoms with Crippen LogP contribution in [0.3, 0.4) is 0 Å². The van der Waals surface area contributed by atoms with Crippen molar-refractivity contribution in [2.45, 2.75) is 49.0 Å². The van der Waals surface area contributed by atoms with Crippen molar-refractivity contribution in [1.29, 1.82) is 0 Å². The third kappa shape index (κ3) is 2.98. The molecule has 9 nitrogen and oxygen atoms in total. The second-order valence-corrected chi connectivity index (χ2v) is 9.00. The number of fused-ring (bicyclic) bond motifs is 1. The monoisotopic (exact) mass is 387 g/mol. The number of hydrogen-bond acceptors (Lipinski definition) is 7. The molecule has 2 saturated heterocycles. The molecule has 0 spiro atoms. The van der Waals surface area contributed by atoms with E-state index in [1.807, 2.05) is 38.1 Å². The van der Waals surface area contributed by atoms with Gasteiger partial charge in [0.05, 0.1) is 6.42 Å². The molecule has 0 aliphatic carbocycles. The lowest BCUT2D eigenvalue weighted by molar-refractivity contribution is -0.151. The number of carbonyl (C=O) groups excluding carboxylic acids is 2. The van der Waals surface area contributed by atoms with Gasteiger partial charge in [-0.05, 0) is 25.0 Å². The standard InChI is InChI=1S/C17H21N7O2S/c1-17(2)13(14-20-22-23-21-14)24-15(26)12(16(24)27-17)19-11(25)7-9-5-3-4-6-10(9)8-18/h3-6,12-13,16H,7-8,18H2,1-2H3,(H,19,25)(H,20,21,22,23). The molecule has 0 saturated carbocycles. The molecule has 3 unspecified atom stereocenters. The van der Waals surface area contributed by atoms with Gasteiger partial charge in [-0.3, -0.25) is 9.59 Å². The van der Waals surface area contributed by atoms with Crippen molar-refractivity contribution in [3.8, 4) is 0 Å². The molecule has 2 aromatic rings. The summed E-state index contributed by atoms with van der Waals surface area (Å²) in [5, 5.41) is 16.9. The zero-order chi connectivity index (χ0) is 19.2. The largest absolute Gasteiger partial charge is 0.341 e. The average Bonchev–Trinajstić information content (AvgIpc) is 3.24. The van der Waals surface area contributed by atoms with Crippen LogP contribution in [-0.4, -0.2) is 53.5 Å². The number of tetrazole rings is 1. The molecule has 0 bridgehead atoms. The van der Waals surface area contributed by atoms with Crippen LogP contribution in [-0.2, 0) is 22.6 Å². The van der Waals surface area contributed by atoms with Crippen LogP contribution in [0.25, 0.3) is 0 Å². The lowest BCUT2D eigenvalue weighted by Gasteiger charge is -2.44. The number of carbonyl (C=O) groups is 2. The minimum atomic E-state index is -0.538. The molecule has 0 radical (unpaired) electrons. The van der Waals surface area contributed by atoms with Crippen molar-refractivity contribution in [1.82, 2.24) is 30.8 Å². The normalized spacial score (nSPS) is 25.8. The molecule has 2 fully saturated rings. The number of aromatic amines is 1. The maximum atomic E-state index is 12.7. The number of amides is 2. The summed E-state index contributed by atoms with van der Waals surface area (Å²) < 4.78 is -0.282. The first-order valence-corrected chi connectivity index (χ1v) is 9.60. The van der Waals surface area contributed by atoms with Crippen LogP contribution in [0.4, 0.5) is 0 Å². The minimum absolute atomic E-state index is 0.117. The van der Waals surface area contributed by atoms with Crippen LogP contribution in [0.15, 0.2) is 24.3 Å². The molecule has 1 aromatic carbocycles. The summed E-state index contributed by atoms with van der Waals surface area (Å²) in [6, 6.07) is 6.75. The van der Waals surface area contributed by atoms with E-state index >= 15 is 0 Å². The zero-order valence-corrected chi connectivity index (χ0v) is 15.9. The van der Waals surface area contributed by atoms with Gasteiger partial charge >= 0.3 is 0 Å². The highest BCUT2D eigenvalue weighted by molar-refractivity contribution is 8.01. The number of β-lactam (4-membered cyclic amide) rings is 1. The summed E-state index contributed by atoms with van der Waals surface area (Å²) in [6.07, 6.45) is 0.201. The van der Waals surface area contributed by atoms with E-state index in [0.717, 1.165) is 11.1 Å². The van der Waals surface area contributed by atoms with Crippen molar-refractivity contribution in [2.75, 3.05) is 0 Å². The van der Waals surface area contributed by atoms with Gasteiger partial charge in [-0.1, -0.05) is 29.5 Å². The SMILES string of the molecule is CC1(C)SC2C(NC(=O)Cc3ccccc3CN)C(=O)N2C1c1nn[nH]n1. The number of rotatable bonds is 5. The molecule has 3 heterocycles. The van der Waals surface area contributed by atoms with Crippen molar-refractivity contribution in [3.63, 3.8) is 0 Å². The number of nitrogens with one attached hydrogen (secondary N) is 2. The molecule has 4 N–H and O–H groups in total. The van der Waals surface area contributed by atoms with Gasteiger partial charge in [-0.15, -0.1) is 22.0 Å². The average molecular weight is 387 g/mol. The Morgan fingerprint density at radius 1 is 1.37 bits per heavy atom. The van der Waals surface area contributed by atoms with Crippen LogP contribution in [0.2, 0.25) is 0 Å². The number of aromatic nitrogens is 4. The summed E-state index contributed by atoms with van der Waals surface area (Å²) in [5.74, 6) is 0.189. The van der Waals surface area contributed by atoms with E-state index in [0.29, 0.717) is 12.4 Å². The van der Waals surface area contributed by atoms with Gasteiger partial charge in [0.1, 0.15) is 17.5 Å². The molecule has 10 heteroatoms. The second kappa shape index (κ2) is 6.61. The molecule has 3 atom stereocenters. The van der Waals surface area contributed by atoms with Crippen molar-refractivity contribution in [3.05, 3.63) is 41.2 Å². The first kappa shape index (κ1) is 17.9. The Hall–Kier alpha value is -2.46. The van der Waals surface area contributed by atoms with Crippen molar-refractivity contribution in [2.24, 2.45) is 5.73 Å². The Morgan fingerprint density at radius 3 is 2.78 bits per heavy atom. The Morgan fingerprint density at radius 2 is 2.11 bits per heavy atom. The van der Waals surface area contributed by atoms with Crippen LogP contribution in [0, 0.1) is 0 Å². The predicted molar refractivity (Wildman–Crippen MR) is 99.2 cm³/mol. The second-order valence-electron chi connectivity index (χ2n) is 7.22. The van der Waals surface area contributed by atoms with Gasteiger partial charge in [0.2, 0.25) is 11.8 Å². The fourth-order valence-electron chi connectivity index (χ4n) is 3.78. The number of thioether (sulfide) groups is 1. The van der Waals surface area contributed by atoms with Crippen LogP contribution >= 0.6 is 11.8 Å². The lowest BCUT2D eigenvalue weighted by Crippen LogP contribution is -2.68. The Bertz CT molecular complexity index is 870. The first-order chi connectivity index (χ1) is 12.9. The van der Waals surface area contributed by atoms with E-state index in [4.69, 9.17) is 5.73 Å². The highest BCUT2D eigenvalue weighted by Gasteiger charge is 2.63. The molecule has 1 aromatic heterocycles. The molecule has 2 aliphatic rings. The van der Waals surface area contributed by atoms with Gasteiger partial charge < -0.3 is 16.0 Å². The van der Waals surface area contributed by atoms with Gasteiger partial charge in [-0.2, -0.15) is 5.21 Å². The molecular weight excluding hydrogens is 366 g/mol. The Kier molecular flexibility index (Phi) is 4.39. The Labute approximate surface area is 160 Å². The zero-order valence-electron chi connectivity index (χ0n) is 15.0. The van der Waals surface area contributed by atoms with Gasteiger partial charge in [-0.25, -0.2) is 0 Å². The molecule has 2 aliphatic heterocycles. The van der Waals surface area contributed by atoms with E-state index in [-0.39, 0.29) is 34.4 Å². The molecule has 27 heavy (non-hydrogen) atoms. The van der Waals surface area contributed by atoms with Gasteiger partial charge in [0.15, 0.2) is 5.82 Å². The first-order valence-electron chi connectivity index (χ1n) is 8.72. The van der Waals surface area contributed by atoms with Gasteiger partial charge in [0.25, 0.3) is 0 Å². The predicted octanol–water partition coefficient (Wildman–Crippen LogP) is 0.121. The quantitative estimate of drug-likeness (QED) is 0.621. The number of nitrogens with two attached hydrogens (primary N) is 1. The fourth-order valence-corrected chi connectivity index (χ4v) is 5.41. The fraction of sp³-hybridized carbons (Fsp3) is 0.471. The van der Waals surface area contributed by atoms with E-state index < -0.39 is 6.04 Å². The number of H-pyrrole nitrogens is 1. The molecular formula is C17H21N7O2S. The summed E-state index contributed by atoms with van der Waals surface area (Å²) >= 11 is 1.64. The van der Waals surface area contributed by atoms with Crippen LogP contribution in [0.1, 0.15) is 36.8 Å². The molecule has 2 amide bonds.